The van der Waals surface area contributed by atoms with Crippen LogP contribution in [0.5, 0.6) is 0 Å². The van der Waals surface area contributed by atoms with Gasteiger partial charge in [-0.25, -0.2) is 31.2 Å². The molecule has 0 spiro atoms. The van der Waals surface area contributed by atoms with Crippen LogP contribution in [0, 0.1) is 5.92 Å². The Kier molecular flexibility index (Phi) is 6.38. The SMILES string of the molecule is CC(C)S(=O)(=O)N1CCCC(Cn2ncc3cnc(Nc4cnn(CC(F)F)c4)nc32)C1. The predicted octanol–water partition coefficient (Wildman–Crippen LogP) is 2.48. The van der Waals surface area contributed by atoms with E-state index in [1.165, 1.54) is 12.4 Å². The minimum absolute atomic E-state index is 0.124. The second kappa shape index (κ2) is 9.06. The number of nitrogens with zero attached hydrogens (tertiary/aromatic N) is 7. The first-order valence-corrected chi connectivity index (χ1v) is 12.0. The third-order valence-electron chi connectivity index (χ3n) is 5.46. The number of rotatable bonds is 8. The van der Waals surface area contributed by atoms with E-state index in [9.17, 15) is 17.2 Å². The first-order valence-electron chi connectivity index (χ1n) is 10.5. The summed E-state index contributed by atoms with van der Waals surface area (Å²) < 4.78 is 54.6. The Labute approximate surface area is 184 Å². The van der Waals surface area contributed by atoms with E-state index in [4.69, 9.17) is 0 Å². The van der Waals surface area contributed by atoms with E-state index >= 15 is 0 Å². The fraction of sp³-hybridized carbons (Fsp3) is 0.579. The first-order chi connectivity index (χ1) is 15.2. The van der Waals surface area contributed by atoms with Gasteiger partial charge < -0.3 is 5.32 Å². The van der Waals surface area contributed by atoms with Crippen molar-refractivity contribution in [3.63, 3.8) is 0 Å². The van der Waals surface area contributed by atoms with E-state index < -0.39 is 28.2 Å². The molecular weight excluding hydrogens is 442 g/mol. The fourth-order valence-corrected chi connectivity index (χ4v) is 5.21. The van der Waals surface area contributed by atoms with Crippen molar-refractivity contribution in [2.75, 3.05) is 18.4 Å². The zero-order valence-corrected chi connectivity index (χ0v) is 18.7. The van der Waals surface area contributed by atoms with Crippen LogP contribution in [0.3, 0.4) is 0 Å². The third kappa shape index (κ3) is 4.88. The molecule has 1 aliphatic heterocycles. The molecule has 32 heavy (non-hydrogen) atoms. The molecule has 0 bridgehead atoms. The number of halogens is 2. The molecule has 3 aromatic rings. The number of hydrogen-bond donors (Lipinski definition) is 1. The molecule has 0 radical (unpaired) electrons. The number of nitrogens with one attached hydrogen (secondary N) is 1. The monoisotopic (exact) mass is 468 g/mol. The van der Waals surface area contributed by atoms with Crippen molar-refractivity contribution in [3.05, 3.63) is 24.8 Å². The molecule has 0 saturated carbocycles. The molecule has 4 heterocycles. The van der Waals surface area contributed by atoms with Gasteiger partial charge in [-0.1, -0.05) is 0 Å². The lowest BCUT2D eigenvalue weighted by atomic mass is 10.00. The van der Waals surface area contributed by atoms with E-state index in [1.54, 1.807) is 35.2 Å². The third-order valence-corrected chi connectivity index (χ3v) is 7.70. The number of hydrogen-bond acceptors (Lipinski definition) is 7. The van der Waals surface area contributed by atoms with E-state index in [2.05, 4.69) is 25.5 Å². The van der Waals surface area contributed by atoms with Crippen molar-refractivity contribution < 1.29 is 17.2 Å². The van der Waals surface area contributed by atoms with Crippen LogP contribution in [0.15, 0.2) is 24.8 Å². The summed E-state index contributed by atoms with van der Waals surface area (Å²) in [6.07, 6.45) is 5.42. The lowest BCUT2D eigenvalue weighted by Gasteiger charge is -2.33. The highest BCUT2D eigenvalue weighted by Gasteiger charge is 2.31. The van der Waals surface area contributed by atoms with Crippen molar-refractivity contribution >= 4 is 32.7 Å². The van der Waals surface area contributed by atoms with Crippen LogP contribution in [-0.2, 0) is 23.1 Å². The summed E-state index contributed by atoms with van der Waals surface area (Å²) in [5, 5.41) is 11.6. The Hall–Kier alpha value is -2.67. The van der Waals surface area contributed by atoms with Crippen LogP contribution in [0.25, 0.3) is 11.0 Å². The molecular formula is C19H26F2N8O2S. The lowest BCUT2D eigenvalue weighted by Crippen LogP contribution is -2.44. The summed E-state index contributed by atoms with van der Waals surface area (Å²) in [6.45, 7) is 4.45. The van der Waals surface area contributed by atoms with Gasteiger partial charge in [0.2, 0.25) is 16.0 Å². The van der Waals surface area contributed by atoms with Gasteiger partial charge in [0.1, 0.15) is 6.54 Å². The maximum atomic E-state index is 12.6. The average Bonchev–Trinajstić information content (AvgIpc) is 3.34. The highest BCUT2D eigenvalue weighted by atomic mass is 32.2. The first kappa shape index (κ1) is 22.5. The van der Waals surface area contributed by atoms with E-state index in [0.29, 0.717) is 36.9 Å². The number of piperidine rings is 1. The molecule has 1 saturated heterocycles. The minimum atomic E-state index is -3.29. The van der Waals surface area contributed by atoms with Gasteiger partial charge in [-0.2, -0.15) is 15.2 Å². The molecule has 0 aliphatic carbocycles. The minimum Gasteiger partial charge on any atom is -0.321 e. The van der Waals surface area contributed by atoms with Crippen molar-refractivity contribution in [2.45, 2.75) is 51.5 Å². The van der Waals surface area contributed by atoms with Gasteiger partial charge >= 0.3 is 0 Å². The molecule has 0 amide bonds. The van der Waals surface area contributed by atoms with Gasteiger partial charge in [0.25, 0.3) is 6.43 Å². The van der Waals surface area contributed by atoms with Crippen molar-refractivity contribution in [1.82, 2.24) is 33.8 Å². The molecule has 1 atom stereocenters. The predicted molar refractivity (Wildman–Crippen MR) is 115 cm³/mol. The molecule has 13 heteroatoms. The largest absolute Gasteiger partial charge is 0.321 e. The van der Waals surface area contributed by atoms with Crippen LogP contribution in [-0.4, -0.2) is 67.0 Å². The maximum absolute atomic E-state index is 12.6. The summed E-state index contributed by atoms with van der Waals surface area (Å²) in [4.78, 5) is 8.77. The Bertz CT molecular complexity index is 1180. The summed E-state index contributed by atoms with van der Waals surface area (Å²) in [5.41, 5.74) is 1.11. The van der Waals surface area contributed by atoms with Gasteiger partial charge in [-0.15, -0.1) is 0 Å². The molecule has 1 aliphatic rings. The second-order valence-electron chi connectivity index (χ2n) is 8.23. The molecule has 10 nitrogen and oxygen atoms in total. The van der Waals surface area contributed by atoms with Gasteiger partial charge in [0.05, 0.1) is 28.7 Å². The van der Waals surface area contributed by atoms with Gasteiger partial charge in [0, 0.05) is 32.0 Å². The fourth-order valence-electron chi connectivity index (χ4n) is 3.81. The maximum Gasteiger partial charge on any atom is 0.257 e. The van der Waals surface area contributed by atoms with Crippen molar-refractivity contribution in [3.8, 4) is 0 Å². The topological polar surface area (TPSA) is 111 Å². The zero-order chi connectivity index (χ0) is 22.9. The summed E-state index contributed by atoms with van der Waals surface area (Å²) in [6, 6.07) is 0. The number of alkyl halides is 2. The highest BCUT2D eigenvalue weighted by Crippen LogP contribution is 2.24. The number of fused-ring (bicyclic) bond motifs is 1. The molecule has 4 rings (SSSR count). The molecule has 1 N–H and O–H groups in total. The van der Waals surface area contributed by atoms with E-state index in [1.807, 2.05) is 0 Å². The van der Waals surface area contributed by atoms with Crippen LogP contribution < -0.4 is 5.32 Å². The zero-order valence-electron chi connectivity index (χ0n) is 17.9. The quantitative estimate of drug-likeness (QED) is 0.541. The Morgan fingerprint density at radius 1 is 1.22 bits per heavy atom. The second-order valence-corrected chi connectivity index (χ2v) is 10.7. The summed E-state index contributed by atoms with van der Waals surface area (Å²) in [5.74, 6) is 0.419. The number of anilines is 2. The highest BCUT2D eigenvalue weighted by molar-refractivity contribution is 7.89. The van der Waals surface area contributed by atoms with Gasteiger partial charge in [-0.3, -0.25) is 4.68 Å². The molecule has 174 valence electrons. The smallest absolute Gasteiger partial charge is 0.257 e. The van der Waals surface area contributed by atoms with Crippen LogP contribution in [0.4, 0.5) is 20.4 Å². The number of sulfonamides is 1. The molecule has 0 aromatic carbocycles. The molecule has 1 fully saturated rings. The van der Waals surface area contributed by atoms with Crippen LogP contribution in [0.1, 0.15) is 26.7 Å². The molecule has 1 unspecified atom stereocenters. The van der Waals surface area contributed by atoms with Crippen LogP contribution >= 0.6 is 0 Å². The standard InChI is InChI=1S/C19H26F2N8O2S/c1-13(2)32(30,31)28-5-3-4-14(9-28)10-29-18-15(7-24-29)6-22-19(26-18)25-16-8-23-27(11-16)12-17(20)21/h6-8,11,13-14,17H,3-5,9-10,12H2,1-2H3,(H,22,25,26). The molecule has 3 aromatic heterocycles. The normalized spacial score (nSPS) is 18.1. The summed E-state index contributed by atoms with van der Waals surface area (Å²) >= 11 is 0. The number of aromatic nitrogens is 6. The van der Waals surface area contributed by atoms with E-state index in [0.717, 1.165) is 22.9 Å². The Morgan fingerprint density at radius 2 is 2.03 bits per heavy atom. The van der Waals surface area contributed by atoms with Gasteiger partial charge in [0.15, 0.2) is 5.65 Å². The Balaban J connectivity index is 1.49. The summed E-state index contributed by atoms with van der Waals surface area (Å²) in [7, 11) is -3.29. The lowest BCUT2D eigenvalue weighted by molar-refractivity contribution is 0.122. The Morgan fingerprint density at radius 3 is 2.78 bits per heavy atom. The average molecular weight is 469 g/mol. The van der Waals surface area contributed by atoms with Crippen LogP contribution in [0.2, 0.25) is 0 Å². The van der Waals surface area contributed by atoms with Crippen molar-refractivity contribution in [1.29, 1.82) is 0 Å². The van der Waals surface area contributed by atoms with Crippen molar-refractivity contribution in [2.24, 2.45) is 5.92 Å². The van der Waals surface area contributed by atoms with Gasteiger partial charge in [-0.05, 0) is 32.6 Å². The van der Waals surface area contributed by atoms with E-state index in [-0.39, 0.29) is 5.92 Å².